The Morgan fingerprint density at radius 1 is 1.36 bits per heavy atom. The van der Waals surface area contributed by atoms with Gasteiger partial charge in [0, 0.05) is 12.1 Å². The fourth-order valence-corrected chi connectivity index (χ4v) is 1.99. The Kier molecular flexibility index (Phi) is 4.87. The van der Waals surface area contributed by atoms with Crippen molar-refractivity contribution in [1.82, 2.24) is 4.57 Å². The molecule has 0 bridgehead atoms. The highest BCUT2D eigenvalue weighted by Crippen LogP contribution is 2.22. The van der Waals surface area contributed by atoms with Gasteiger partial charge in [-0.2, -0.15) is 0 Å². The van der Waals surface area contributed by atoms with Crippen molar-refractivity contribution in [3.8, 4) is 0 Å². The first-order valence-corrected chi connectivity index (χ1v) is 7.11. The van der Waals surface area contributed by atoms with Gasteiger partial charge in [-0.3, -0.25) is 9.36 Å². The molecule has 0 fully saturated rings. The van der Waals surface area contributed by atoms with Crippen molar-refractivity contribution in [1.29, 1.82) is 0 Å². The Labute approximate surface area is 128 Å². The van der Waals surface area contributed by atoms with Gasteiger partial charge < -0.3 is 19.6 Å². The van der Waals surface area contributed by atoms with Crippen LogP contribution in [0.25, 0.3) is 11.1 Å². The van der Waals surface area contributed by atoms with Gasteiger partial charge in [0.05, 0.1) is 18.4 Å². The lowest BCUT2D eigenvalue weighted by Crippen LogP contribution is -2.37. The molecule has 0 aromatic carbocycles. The summed E-state index contributed by atoms with van der Waals surface area (Å²) >= 11 is 0. The molecular formula is C15H20N2O5. The summed E-state index contributed by atoms with van der Waals surface area (Å²) < 4.78 is 17.0. The van der Waals surface area contributed by atoms with E-state index in [-0.39, 0.29) is 24.9 Å². The number of fused-ring (bicyclic) bond motifs is 1. The molecule has 0 unspecified atom stereocenters. The van der Waals surface area contributed by atoms with Gasteiger partial charge in [-0.1, -0.05) is 13.8 Å². The molecule has 0 saturated heterocycles. The van der Waals surface area contributed by atoms with Crippen LogP contribution in [0.3, 0.4) is 0 Å². The van der Waals surface area contributed by atoms with Crippen LogP contribution in [0.5, 0.6) is 0 Å². The number of aromatic nitrogens is 1. The minimum absolute atomic E-state index is 0.0318. The van der Waals surface area contributed by atoms with E-state index < -0.39 is 18.0 Å². The van der Waals surface area contributed by atoms with Crippen LogP contribution in [-0.4, -0.2) is 29.2 Å². The van der Waals surface area contributed by atoms with Crippen molar-refractivity contribution >= 4 is 23.0 Å². The van der Waals surface area contributed by atoms with Gasteiger partial charge in [0.1, 0.15) is 11.7 Å². The number of carbonyl (C=O) groups is 2. The molecule has 0 spiro atoms. The van der Waals surface area contributed by atoms with Crippen molar-refractivity contribution in [2.24, 2.45) is 11.7 Å². The third-order valence-corrected chi connectivity index (χ3v) is 3.33. The van der Waals surface area contributed by atoms with Crippen LogP contribution in [0.15, 0.2) is 22.8 Å². The van der Waals surface area contributed by atoms with Gasteiger partial charge in [0.25, 0.3) is 0 Å². The van der Waals surface area contributed by atoms with Crippen molar-refractivity contribution < 1.29 is 23.5 Å². The van der Waals surface area contributed by atoms with E-state index in [1.807, 2.05) is 13.8 Å². The van der Waals surface area contributed by atoms with Gasteiger partial charge in [0.15, 0.2) is 12.3 Å². The van der Waals surface area contributed by atoms with Crippen LogP contribution in [0.4, 0.5) is 0 Å². The minimum Gasteiger partial charge on any atom is -0.463 e. The van der Waals surface area contributed by atoms with Gasteiger partial charge in [-0.15, -0.1) is 0 Å². The van der Waals surface area contributed by atoms with Gasteiger partial charge in [-0.05, 0) is 12.8 Å². The van der Waals surface area contributed by atoms with Crippen LogP contribution in [0.2, 0.25) is 0 Å². The van der Waals surface area contributed by atoms with Gasteiger partial charge in [0.2, 0.25) is 0 Å². The highest BCUT2D eigenvalue weighted by molar-refractivity contribution is 5.94. The molecule has 2 aromatic heterocycles. The first-order chi connectivity index (χ1) is 10.5. The van der Waals surface area contributed by atoms with E-state index in [1.165, 1.54) is 10.8 Å². The molecule has 7 nitrogen and oxygen atoms in total. The van der Waals surface area contributed by atoms with Crippen molar-refractivity contribution in [2.45, 2.75) is 33.5 Å². The zero-order valence-electron chi connectivity index (χ0n) is 12.9. The van der Waals surface area contributed by atoms with Gasteiger partial charge >= 0.3 is 11.9 Å². The van der Waals surface area contributed by atoms with Crippen LogP contribution in [-0.2, 0) is 21.0 Å². The highest BCUT2D eigenvalue weighted by atomic mass is 16.5. The minimum atomic E-state index is -0.707. The fourth-order valence-electron chi connectivity index (χ4n) is 1.99. The topological polar surface area (TPSA) is 96.7 Å². The normalized spacial score (nSPS) is 12.6. The fraction of sp³-hybridized carbons (Fsp3) is 0.467. The summed E-state index contributed by atoms with van der Waals surface area (Å²) in [5.41, 5.74) is 7.18. The molecule has 0 aliphatic carbocycles. The molecule has 1 atom stereocenters. The number of furan rings is 1. The Hall–Kier alpha value is -2.28. The Bertz CT molecular complexity index is 671. The first-order valence-electron chi connectivity index (χ1n) is 7.11. The molecule has 0 aliphatic heterocycles. The standard InChI is InChI=1S/C15H20N2O5/c1-4-20-14(18)11-7-12-10(5-6-21-12)17(11)8-22-15(19)13(16)9(2)3/h5-7,9,13H,4,8,16H2,1-3H3/t13-/m0/s1. The molecule has 0 saturated carbocycles. The SMILES string of the molecule is CCOC(=O)c1cc2occc2n1COC(=O)[C@@H](N)C(C)C. The van der Waals surface area contributed by atoms with E-state index in [9.17, 15) is 9.59 Å². The third kappa shape index (κ3) is 3.14. The molecule has 7 heteroatoms. The molecular weight excluding hydrogens is 288 g/mol. The lowest BCUT2D eigenvalue weighted by Gasteiger charge is -2.16. The number of rotatable bonds is 6. The summed E-state index contributed by atoms with van der Waals surface area (Å²) in [5, 5.41) is 0. The zero-order valence-corrected chi connectivity index (χ0v) is 12.9. The smallest absolute Gasteiger partial charge is 0.355 e. The summed E-state index contributed by atoms with van der Waals surface area (Å²) in [5.74, 6) is -1.05. The van der Waals surface area contributed by atoms with Crippen LogP contribution < -0.4 is 5.73 Å². The molecule has 0 aliphatic rings. The maximum atomic E-state index is 12.0. The second kappa shape index (κ2) is 6.65. The average molecular weight is 308 g/mol. The Morgan fingerprint density at radius 2 is 2.09 bits per heavy atom. The second-order valence-corrected chi connectivity index (χ2v) is 5.21. The van der Waals surface area contributed by atoms with E-state index in [0.29, 0.717) is 11.1 Å². The predicted molar refractivity (Wildman–Crippen MR) is 79.1 cm³/mol. The zero-order chi connectivity index (χ0) is 16.3. The molecule has 2 rings (SSSR count). The molecule has 120 valence electrons. The summed E-state index contributed by atoms with van der Waals surface area (Å²) in [7, 11) is 0. The maximum Gasteiger partial charge on any atom is 0.355 e. The lowest BCUT2D eigenvalue weighted by atomic mass is 10.1. The highest BCUT2D eigenvalue weighted by Gasteiger charge is 2.22. The lowest BCUT2D eigenvalue weighted by molar-refractivity contribution is -0.150. The van der Waals surface area contributed by atoms with Crippen molar-refractivity contribution in [3.63, 3.8) is 0 Å². The summed E-state index contributed by atoms with van der Waals surface area (Å²) in [6.07, 6.45) is 1.50. The third-order valence-electron chi connectivity index (χ3n) is 3.33. The summed E-state index contributed by atoms with van der Waals surface area (Å²) in [6.45, 7) is 5.51. The number of hydrogen-bond acceptors (Lipinski definition) is 6. The number of carbonyl (C=O) groups excluding carboxylic acids is 2. The largest absolute Gasteiger partial charge is 0.463 e. The molecule has 0 radical (unpaired) electrons. The number of esters is 2. The van der Waals surface area contributed by atoms with Crippen molar-refractivity contribution in [2.75, 3.05) is 6.61 Å². The number of ether oxygens (including phenoxy) is 2. The molecule has 2 N–H and O–H groups in total. The Balaban J connectivity index is 2.21. The first kappa shape index (κ1) is 16.1. The van der Waals surface area contributed by atoms with E-state index in [4.69, 9.17) is 19.6 Å². The summed E-state index contributed by atoms with van der Waals surface area (Å²) in [4.78, 5) is 23.8. The molecule has 0 amide bonds. The van der Waals surface area contributed by atoms with E-state index in [0.717, 1.165) is 0 Å². The molecule has 22 heavy (non-hydrogen) atoms. The second-order valence-electron chi connectivity index (χ2n) is 5.21. The van der Waals surface area contributed by atoms with Crippen LogP contribution in [0, 0.1) is 5.92 Å². The monoisotopic (exact) mass is 308 g/mol. The quantitative estimate of drug-likeness (QED) is 0.819. The molecule has 2 heterocycles. The Morgan fingerprint density at radius 3 is 2.73 bits per heavy atom. The predicted octanol–water partition coefficient (Wildman–Crippen LogP) is 1.89. The maximum absolute atomic E-state index is 12.0. The van der Waals surface area contributed by atoms with E-state index >= 15 is 0 Å². The van der Waals surface area contributed by atoms with Gasteiger partial charge in [-0.25, -0.2) is 4.79 Å². The van der Waals surface area contributed by atoms with Crippen LogP contribution in [0.1, 0.15) is 31.3 Å². The van der Waals surface area contributed by atoms with E-state index in [2.05, 4.69) is 0 Å². The molecule has 2 aromatic rings. The number of hydrogen-bond donors (Lipinski definition) is 1. The number of nitrogens with two attached hydrogens (primary N) is 1. The average Bonchev–Trinajstić information content (AvgIpc) is 3.05. The number of nitrogens with zero attached hydrogens (tertiary/aromatic N) is 1. The van der Waals surface area contributed by atoms with Crippen molar-refractivity contribution in [3.05, 3.63) is 24.1 Å². The summed E-state index contributed by atoms with van der Waals surface area (Å²) in [6, 6.07) is 2.54. The van der Waals surface area contributed by atoms with Crippen LogP contribution >= 0.6 is 0 Å². The van der Waals surface area contributed by atoms with E-state index in [1.54, 1.807) is 19.1 Å².